The molecule has 6 nitrogen and oxygen atoms in total. The summed E-state index contributed by atoms with van der Waals surface area (Å²) in [4.78, 5) is 0.241. The molecule has 0 saturated heterocycles. The van der Waals surface area contributed by atoms with Crippen LogP contribution in [0.1, 0.15) is 24.2 Å². The summed E-state index contributed by atoms with van der Waals surface area (Å²) >= 11 is 0. The molecule has 0 aliphatic carbocycles. The number of nitrogens with zero attached hydrogens (tertiary/aromatic N) is 1. The van der Waals surface area contributed by atoms with E-state index in [0.29, 0.717) is 0 Å². The number of aryl methyl sites for hydroxylation is 1. The highest BCUT2D eigenvalue weighted by Crippen LogP contribution is 2.24. The first kappa shape index (κ1) is 14.5. The summed E-state index contributed by atoms with van der Waals surface area (Å²) in [5, 5.41) is 10.1. The molecule has 0 aliphatic rings. The molecular formula is C13H18N4O2S. The molecule has 0 fully saturated rings. The molecule has 1 aromatic heterocycles. The van der Waals surface area contributed by atoms with E-state index in [1.807, 2.05) is 19.9 Å². The fraction of sp³-hybridized carbons (Fsp3) is 0.308. The van der Waals surface area contributed by atoms with Crippen molar-refractivity contribution in [3.8, 4) is 0 Å². The van der Waals surface area contributed by atoms with E-state index >= 15 is 0 Å². The van der Waals surface area contributed by atoms with Gasteiger partial charge in [-0.25, -0.2) is 13.1 Å². The standard InChI is InChI=1S/C13H18N4O2S/c1-9-4-5-11(20(18,19)14-3)8-13(9)16-10(2)12-6-7-15-17-12/h4-8,10,14,16H,1-3H3,(H,15,17). The molecule has 1 aromatic carbocycles. The van der Waals surface area contributed by atoms with Crippen LogP contribution in [0, 0.1) is 6.92 Å². The van der Waals surface area contributed by atoms with Crippen molar-refractivity contribution >= 4 is 15.7 Å². The maximum atomic E-state index is 11.8. The molecule has 20 heavy (non-hydrogen) atoms. The number of H-pyrrole nitrogens is 1. The highest BCUT2D eigenvalue weighted by Gasteiger charge is 2.14. The maximum absolute atomic E-state index is 11.8. The van der Waals surface area contributed by atoms with Gasteiger partial charge in [0.05, 0.1) is 16.6 Å². The molecule has 0 radical (unpaired) electrons. The molecule has 1 unspecified atom stereocenters. The van der Waals surface area contributed by atoms with Gasteiger partial charge >= 0.3 is 0 Å². The van der Waals surface area contributed by atoms with Gasteiger partial charge in [-0.05, 0) is 44.7 Å². The van der Waals surface area contributed by atoms with Crippen LogP contribution in [-0.4, -0.2) is 25.7 Å². The molecule has 0 bridgehead atoms. The largest absolute Gasteiger partial charge is 0.377 e. The summed E-state index contributed by atoms with van der Waals surface area (Å²) < 4.78 is 26.0. The van der Waals surface area contributed by atoms with Crippen molar-refractivity contribution in [1.29, 1.82) is 0 Å². The third-order valence-corrected chi connectivity index (χ3v) is 4.56. The highest BCUT2D eigenvalue weighted by molar-refractivity contribution is 7.89. The topological polar surface area (TPSA) is 86.9 Å². The van der Waals surface area contributed by atoms with Gasteiger partial charge in [0.25, 0.3) is 0 Å². The van der Waals surface area contributed by atoms with Crippen molar-refractivity contribution in [2.45, 2.75) is 24.8 Å². The van der Waals surface area contributed by atoms with Gasteiger partial charge in [-0.2, -0.15) is 5.10 Å². The number of rotatable bonds is 5. The van der Waals surface area contributed by atoms with Crippen LogP contribution in [0.15, 0.2) is 35.4 Å². The van der Waals surface area contributed by atoms with Crippen molar-refractivity contribution in [3.63, 3.8) is 0 Å². The zero-order valence-electron chi connectivity index (χ0n) is 11.6. The number of sulfonamides is 1. The molecule has 0 aliphatic heterocycles. The van der Waals surface area contributed by atoms with E-state index in [0.717, 1.165) is 16.9 Å². The number of hydrogen-bond acceptors (Lipinski definition) is 4. The Bertz CT molecular complexity index is 680. The Kier molecular flexibility index (Phi) is 4.10. The summed E-state index contributed by atoms with van der Waals surface area (Å²) in [6.07, 6.45) is 1.68. The van der Waals surface area contributed by atoms with E-state index in [9.17, 15) is 8.42 Å². The first-order valence-electron chi connectivity index (χ1n) is 6.24. The molecule has 108 valence electrons. The second-order valence-corrected chi connectivity index (χ2v) is 6.45. The lowest BCUT2D eigenvalue weighted by Crippen LogP contribution is -2.19. The predicted octanol–water partition coefficient (Wildman–Crippen LogP) is 1.80. The van der Waals surface area contributed by atoms with Crippen LogP contribution in [0.3, 0.4) is 0 Å². The van der Waals surface area contributed by atoms with Gasteiger partial charge in [-0.1, -0.05) is 6.07 Å². The first-order valence-corrected chi connectivity index (χ1v) is 7.72. The van der Waals surface area contributed by atoms with E-state index in [1.54, 1.807) is 24.4 Å². The van der Waals surface area contributed by atoms with Crippen LogP contribution in [0.25, 0.3) is 0 Å². The molecule has 0 saturated carbocycles. The average Bonchev–Trinajstić information content (AvgIpc) is 2.95. The van der Waals surface area contributed by atoms with Crippen molar-refractivity contribution in [1.82, 2.24) is 14.9 Å². The molecular weight excluding hydrogens is 276 g/mol. The normalized spacial score (nSPS) is 13.2. The lowest BCUT2D eigenvalue weighted by Gasteiger charge is -2.16. The third kappa shape index (κ3) is 3.00. The Morgan fingerprint density at radius 3 is 2.65 bits per heavy atom. The van der Waals surface area contributed by atoms with Gasteiger partial charge in [0, 0.05) is 11.9 Å². The molecule has 0 amide bonds. The van der Waals surface area contributed by atoms with Gasteiger partial charge in [-0.15, -0.1) is 0 Å². The van der Waals surface area contributed by atoms with Gasteiger partial charge in [-0.3, -0.25) is 5.10 Å². The minimum Gasteiger partial charge on any atom is -0.377 e. The average molecular weight is 294 g/mol. The van der Waals surface area contributed by atoms with Crippen LogP contribution in [0.5, 0.6) is 0 Å². The SMILES string of the molecule is CNS(=O)(=O)c1ccc(C)c(NC(C)c2ccn[nH]2)c1. The van der Waals surface area contributed by atoms with Crippen molar-refractivity contribution in [2.24, 2.45) is 0 Å². The van der Waals surface area contributed by atoms with Gasteiger partial charge < -0.3 is 5.32 Å². The Balaban J connectivity index is 2.30. The van der Waals surface area contributed by atoms with Crippen LogP contribution in [0.2, 0.25) is 0 Å². The number of aromatic amines is 1. The Hall–Kier alpha value is -1.86. The quantitative estimate of drug-likeness (QED) is 0.784. The molecule has 7 heteroatoms. The maximum Gasteiger partial charge on any atom is 0.240 e. The molecule has 1 heterocycles. The van der Waals surface area contributed by atoms with E-state index in [2.05, 4.69) is 20.2 Å². The van der Waals surface area contributed by atoms with Crippen molar-refractivity contribution in [2.75, 3.05) is 12.4 Å². The van der Waals surface area contributed by atoms with Crippen LogP contribution < -0.4 is 10.0 Å². The second-order valence-electron chi connectivity index (χ2n) is 4.56. The Morgan fingerprint density at radius 2 is 2.05 bits per heavy atom. The van der Waals surface area contributed by atoms with Crippen LogP contribution in [0.4, 0.5) is 5.69 Å². The zero-order valence-corrected chi connectivity index (χ0v) is 12.5. The zero-order chi connectivity index (χ0) is 14.8. The number of aromatic nitrogens is 2. The summed E-state index contributed by atoms with van der Waals surface area (Å²) in [5.74, 6) is 0. The van der Waals surface area contributed by atoms with Gasteiger partial charge in [0.2, 0.25) is 10.0 Å². The van der Waals surface area contributed by atoms with Gasteiger partial charge in [0.15, 0.2) is 0 Å². The predicted molar refractivity (Wildman–Crippen MR) is 78.0 cm³/mol. The van der Waals surface area contributed by atoms with E-state index < -0.39 is 10.0 Å². The van der Waals surface area contributed by atoms with E-state index in [4.69, 9.17) is 0 Å². The summed E-state index contributed by atoms with van der Waals surface area (Å²) in [5.41, 5.74) is 2.70. The molecule has 0 spiro atoms. The fourth-order valence-electron chi connectivity index (χ4n) is 1.86. The number of anilines is 1. The lowest BCUT2D eigenvalue weighted by atomic mass is 10.1. The Labute approximate surface area is 118 Å². The smallest absolute Gasteiger partial charge is 0.240 e. The monoisotopic (exact) mass is 294 g/mol. The highest BCUT2D eigenvalue weighted by atomic mass is 32.2. The van der Waals surface area contributed by atoms with Crippen molar-refractivity contribution in [3.05, 3.63) is 41.7 Å². The van der Waals surface area contributed by atoms with Crippen LogP contribution in [-0.2, 0) is 10.0 Å². The molecule has 3 N–H and O–H groups in total. The lowest BCUT2D eigenvalue weighted by molar-refractivity contribution is 0.588. The third-order valence-electron chi connectivity index (χ3n) is 3.15. The summed E-state index contributed by atoms with van der Waals surface area (Å²) in [6.45, 7) is 3.91. The fourth-order valence-corrected chi connectivity index (χ4v) is 2.62. The van der Waals surface area contributed by atoms with E-state index in [1.165, 1.54) is 7.05 Å². The summed E-state index contributed by atoms with van der Waals surface area (Å²) in [6, 6.07) is 6.89. The molecule has 2 rings (SSSR count). The minimum atomic E-state index is -3.44. The molecule has 2 aromatic rings. The molecule has 1 atom stereocenters. The first-order chi connectivity index (χ1) is 9.44. The summed E-state index contributed by atoms with van der Waals surface area (Å²) in [7, 11) is -2.04. The second kappa shape index (κ2) is 5.64. The number of benzene rings is 1. The number of nitrogens with one attached hydrogen (secondary N) is 3. The van der Waals surface area contributed by atoms with E-state index in [-0.39, 0.29) is 10.9 Å². The number of hydrogen-bond donors (Lipinski definition) is 3. The van der Waals surface area contributed by atoms with Crippen molar-refractivity contribution < 1.29 is 8.42 Å². The van der Waals surface area contributed by atoms with Gasteiger partial charge in [0.1, 0.15) is 0 Å². The Morgan fingerprint density at radius 1 is 1.30 bits per heavy atom. The minimum absolute atomic E-state index is 0.00346. The van der Waals surface area contributed by atoms with Crippen LogP contribution >= 0.6 is 0 Å².